The van der Waals surface area contributed by atoms with Crippen molar-refractivity contribution in [2.75, 3.05) is 0 Å². The molecule has 15 heavy (non-hydrogen) atoms. The number of nitrogens with zero attached hydrogens (tertiary/aromatic N) is 2. The molecule has 78 valence electrons. The van der Waals surface area contributed by atoms with Gasteiger partial charge in [-0.3, -0.25) is 0 Å². The van der Waals surface area contributed by atoms with E-state index in [-0.39, 0.29) is 0 Å². The van der Waals surface area contributed by atoms with Crippen molar-refractivity contribution < 1.29 is 9.90 Å². The Kier molecular flexibility index (Phi) is 2.82. The quantitative estimate of drug-likeness (QED) is 0.859. The number of carboxylic acids is 1. The third-order valence-electron chi connectivity index (χ3n) is 2.10. The van der Waals surface area contributed by atoms with Crippen LogP contribution in [0.3, 0.4) is 0 Å². The standard InChI is InChI=1S/C10H10N2O2S/c13-10(14)8-2-1-5-12(8)6-3-9-11-4-7-15-9/h1-2,4-5,7H,3,6H2,(H,13,14). The van der Waals surface area contributed by atoms with Crippen LogP contribution in [0, 0.1) is 0 Å². The van der Waals surface area contributed by atoms with E-state index in [1.165, 1.54) is 0 Å². The lowest BCUT2D eigenvalue weighted by Gasteiger charge is -2.03. The SMILES string of the molecule is O=C(O)c1cccn1CCc1nccs1. The zero-order chi connectivity index (χ0) is 10.7. The van der Waals surface area contributed by atoms with Crippen molar-refractivity contribution in [2.24, 2.45) is 0 Å². The Morgan fingerprint density at radius 3 is 3.13 bits per heavy atom. The number of aryl methyl sites for hydroxylation is 2. The summed E-state index contributed by atoms with van der Waals surface area (Å²) in [5.74, 6) is -0.890. The smallest absolute Gasteiger partial charge is 0.352 e. The number of thiazole rings is 1. The lowest BCUT2D eigenvalue weighted by atomic mass is 10.4. The van der Waals surface area contributed by atoms with Crippen molar-refractivity contribution >= 4 is 17.3 Å². The van der Waals surface area contributed by atoms with Gasteiger partial charge >= 0.3 is 5.97 Å². The second-order valence-corrected chi connectivity index (χ2v) is 4.05. The molecule has 0 aliphatic heterocycles. The van der Waals surface area contributed by atoms with Crippen LogP contribution in [0.5, 0.6) is 0 Å². The fourth-order valence-electron chi connectivity index (χ4n) is 1.40. The Labute approximate surface area is 90.8 Å². The average Bonchev–Trinajstić information content (AvgIpc) is 2.86. The van der Waals surface area contributed by atoms with E-state index >= 15 is 0 Å². The molecular formula is C10H10N2O2S. The first-order valence-electron chi connectivity index (χ1n) is 4.54. The van der Waals surface area contributed by atoms with Crippen LogP contribution in [0.25, 0.3) is 0 Å². The van der Waals surface area contributed by atoms with Gasteiger partial charge in [-0.15, -0.1) is 11.3 Å². The van der Waals surface area contributed by atoms with Gasteiger partial charge in [0.05, 0.1) is 5.01 Å². The third-order valence-corrected chi connectivity index (χ3v) is 2.94. The van der Waals surface area contributed by atoms with Crippen LogP contribution in [0.4, 0.5) is 0 Å². The number of hydrogen-bond acceptors (Lipinski definition) is 3. The number of carboxylic acid groups (broad SMARTS) is 1. The van der Waals surface area contributed by atoms with E-state index < -0.39 is 5.97 Å². The van der Waals surface area contributed by atoms with Gasteiger partial charge in [0.15, 0.2) is 0 Å². The Bertz CT molecular complexity index is 448. The van der Waals surface area contributed by atoms with E-state index in [4.69, 9.17) is 5.11 Å². The molecule has 2 heterocycles. The summed E-state index contributed by atoms with van der Waals surface area (Å²) in [5, 5.41) is 11.8. The molecule has 0 amide bonds. The largest absolute Gasteiger partial charge is 0.477 e. The molecule has 2 rings (SSSR count). The minimum absolute atomic E-state index is 0.326. The molecule has 0 saturated heterocycles. The van der Waals surface area contributed by atoms with Crippen LogP contribution in [-0.4, -0.2) is 20.6 Å². The van der Waals surface area contributed by atoms with Gasteiger partial charge in [0.1, 0.15) is 5.69 Å². The van der Waals surface area contributed by atoms with Crippen molar-refractivity contribution in [1.29, 1.82) is 0 Å². The normalized spacial score (nSPS) is 10.4. The highest BCUT2D eigenvalue weighted by Gasteiger charge is 2.08. The zero-order valence-electron chi connectivity index (χ0n) is 7.96. The van der Waals surface area contributed by atoms with Gasteiger partial charge in [-0.25, -0.2) is 9.78 Å². The summed E-state index contributed by atoms with van der Waals surface area (Å²) in [7, 11) is 0. The Morgan fingerprint density at radius 1 is 1.60 bits per heavy atom. The second kappa shape index (κ2) is 4.27. The lowest BCUT2D eigenvalue weighted by molar-refractivity contribution is 0.0685. The second-order valence-electron chi connectivity index (χ2n) is 3.07. The predicted molar refractivity (Wildman–Crippen MR) is 57.2 cm³/mol. The minimum Gasteiger partial charge on any atom is -0.477 e. The van der Waals surface area contributed by atoms with E-state index in [9.17, 15) is 4.79 Å². The number of hydrogen-bond donors (Lipinski definition) is 1. The maximum atomic E-state index is 10.8. The Morgan fingerprint density at radius 2 is 2.47 bits per heavy atom. The first kappa shape index (κ1) is 9.92. The predicted octanol–water partition coefficient (Wildman–Crippen LogP) is 1.89. The van der Waals surface area contributed by atoms with E-state index in [0.717, 1.165) is 11.4 Å². The molecule has 0 aliphatic carbocycles. The highest BCUT2D eigenvalue weighted by Crippen LogP contribution is 2.08. The Balaban J connectivity index is 2.05. The van der Waals surface area contributed by atoms with Gasteiger partial charge in [-0.05, 0) is 12.1 Å². The number of rotatable bonds is 4. The molecule has 1 N–H and O–H groups in total. The molecule has 0 aliphatic rings. The average molecular weight is 222 g/mol. The summed E-state index contributed by atoms with van der Waals surface area (Å²) >= 11 is 1.59. The summed E-state index contributed by atoms with van der Waals surface area (Å²) in [5.41, 5.74) is 0.326. The number of aromatic carboxylic acids is 1. The Hall–Kier alpha value is -1.62. The van der Waals surface area contributed by atoms with Gasteiger partial charge in [0.2, 0.25) is 0 Å². The molecule has 2 aromatic rings. The van der Waals surface area contributed by atoms with Crippen LogP contribution in [0.2, 0.25) is 0 Å². The first-order chi connectivity index (χ1) is 7.27. The molecular weight excluding hydrogens is 212 g/mol. The van der Waals surface area contributed by atoms with E-state index in [1.807, 2.05) is 5.38 Å². The molecule has 0 unspecified atom stereocenters. The molecule has 4 nitrogen and oxygen atoms in total. The van der Waals surface area contributed by atoms with Crippen molar-refractivity contribution in [1.82, 2.24) is 9.55 Å². The van der Waals surface area contributed by atoms with Crippen molar-refractivity contribution in [2.45, 2.75) is 13.0 Å². The summed E-state index contributed by atoms with van der Waals surface area (Å²) in [6.45, 7) is 0.655. The third kappa shape index (κ3) is 2.24. The van der Waals surface area contributed by atoms with Crippen LogP contribution < -0.4 is 0 Å². The van der Waals surface area contributed by atoms with Crippen LogP contribution in [0.15, 0.2) is 29.9 Å². The molecule has 0 atom stereocenters. The van der Waals surface area contributed by atoms with Crippen LogP contribution in [-0.2, 0) is 13.0 Å². The lowest BCUT2D eigenvalue weighted by Crippen LogP contribution is -2.09. The molecule has 0 aromatic carbocycles. The maximum Gasteiger partial charge on any atom is 0.352 e. The van der Waals surface area contributed by atoms with Gasteiger partial charge in [0.25, 0.3) is 0 Å². The van der Waals surface area contributed by atoms with Gasteiger partial charge in [-0.1, -0.05) is 0 Å². The topological polar surface area (TPSA) is 55.1 Å². The minimum atomic E-state index is -0.890. The monoisotopic (exact) mass is 222 g/mol. The number of carbonyl (C=O) groups is 1. The van der Waals surface area contributed by atoms with Crippen molar-refractivity contribution in [3.8, 4) is 0 Å². The highest BCUT2D eigenvalue weighted by molar-refractivity contribution is 7.09. The van der Waals surface area contributed by atoms with Crippen molar-refractivity contribution in [3.05, 3.63) is 40.6 Å². The van der Waals surface area contributed by atoms with Gasteiger partial charge < -0.3 is 9.67 Å². The summed E-state index contributed by atoms with van der Waals surface area (Å²) < 4.78 is 1.73. The molecule has 5 heteroatoms. The maximum absolute atomic E-state index is 10.8. The highest BCUT2D eigenvalue weighted by atomic mass is 32.1. The fourth-order valence-corrected chi connectivity index (χ4v) is 2.01. The molecule has 0 spiro atoms. The number of aromatic nitrogens is 2. The van der Waals surface area contributed by atoms with E-state index in [2.05, 4.69) is 4.98 Å². The van der Waals surface area contributed by atoms with Gasteiger partial charge in [0, 0.05) is 30.7 Å². The molecule has 0 radical (unpaired) electrons. The fraction of sp³-hybridized carbons (Fsp3) is 0.200. The molecule has 0 fully saturated rings. The summed E-state index contributed by atoms with van der Waals surface area (Å²) in [6, 6.07) is 3.34. The summed E-state index contributed by atoms with van der Waals surface area (Å²) in [6.07, 6.45) is 4.30. The molecule has 2 aromatic heterocycles. The van der Waals surface area contributed by atoms with Gasteiger partial charge in [-0.2, -0.15) is 0 Å². The van der Waals surface area contributed by atoms with Crippen LogP contribution >= 0.6 is 11.3 Å². The van der Waals surface area contributed by atoms with Crippen molar-refractivity contribution in [3.63, 3.8) is 0 Å². The zero-order valence-corrected chi connectivity index (χ0v) is 8.78. The first-order valence-corrected chi connectivity index (χ1v) is 5.42. The summed E-state index contributed by atoms with van der Waals surface area (Å²) in [4.78, 5) is 15.0. The van der Waals surface area contributed by atoms with E-state index in [1.54, 1.807) is 40.4 Å². The molecule has 0 saturated carbocycles. The van der Waals surface area contributed by atoms with Crippen LogP contribution in [0.1, 0.15) is 15.5 Å². The van der Waals surface area contributed by atoms with E-state index in [0.29, 0.717) is 12.2 Å². The molecule has 0 bridgehead atoms.